The van der Waals surface area contributed by atoms with Crippen LogP contribution >= 0.6 is 27.3 Å². The Labute approximate surface area is 122 Å². The molecular weight excluding hydrogens is 310 g/mol. The summed E-state index contributed by atoms with van der Waals surface area (Å²) >= 11 is 5.23. The van der Waals surface area contributed by atoms with E-state index in [4.69, 9.17) is 11.0 Å². The zero-order valence-electron chi connectivity index (χ0n) is 10.9. The van der Waals surface area contributed by atoms with Crippen LogP contribution in [0.15, 0.2) is 15.9 Å². The Kier molecular flexibility index (Phi) is 6.87. The van der Waals surface area contributed by atoms with Crippen molar-refractivity contribution < 1.29 is 0 Å². The third-order valence-corrected chi connectivity index (χ3v) is 4.77. The van der Waals surface area contributed by atoms with Gasteiger partial charge in [-0.15, -0.1) is 11.3 Å². The molecule has 2 unspecified atom stereocenters. The van der Waals surface area contributed by atoms with Crippen molar-refractivity contribution in [2.45, 2.75) is 38.8 Å². The molecule has 0 radical (unpaired) electrons. The molecule has 0 aromatic carbocycles. The van der Waals surface area contributed by atoms with Gasteiger partial charge in [0, 0.05) is 23.9 Å². The van der Waals surface area contributed by atoms with Gasteiger partial charge in [-0.2, -0.15) is 5.26 Å². The monoisotopic (exact) mass is 329 g/mol. The molecule has 0 saturated heterocycles. The van der Waals surface area contributed by atoms with Gasteiger partial charge in [-0.1, -0.05) is 13.8 Å². The second-order valence-electron chi connectivity index (χ2n) is 4.20. The van der Waals surface area contributed by atoms with Crippen LogP contribution in [-0.4, -0.2) is 24.0 Å². The van der Waals surface area contributed by atoms with Crippen LogP contribution in [0, 0.1) is 11.3 Å². The van der Waals surface area contributed by atoms with Crippen LogP contribution in [-0.2, 0) is 0 Å². The number of rotatable bonds is 7. The Hall–Kier alpha value is -0.410. The van der Waals surface area contributed by atoms with Crippen molar-refractivity contribution in [3.8, 4) is 6.07 Å². The number of hydrogen-bond acceptors (Lipinski definition) is 4. The normalized spacial score (nSPS) is 14.4. The molecule has 18 heavy (non-hydrogen) atoms. The third kappa shape index (κ3) is 4.06. The van der Waals surface area contributed by atoms with Crippen LogP contribution in [0.5, 0.6) is 0 Å². The summed E-state index contributed by atoms with van der Waals surface area (Å²) in [7, 11) is 0. The van der Waals surface area contributed by atoms with Crippen LogP contribution < -0.4 is 5.73 Å². The molecule has 2 atom stereocenters. The van der Waals surface area contributed by atoms with Gasteiger partial charge in [0.05, 0.1) is 15.9 Å². The van der Waals surface area contributed by atoms with Gasteiger partial charge in [0.15, 0.2) is 0 Å². The molecule has 3 nitrogen and oxygen atoms in total. The summed E-state index contributed by atoms with van der Waals surface area (Å²) in [5.74, 6) is 0. The highest BCUT2D eigenvalue weighted by Gasteiger charge is 2.25. The standard InChI is InChI=1S/C13H20BrN3S/c1-3-10(16)13(11-6-7-12(14)18-11)17(4-2)9-5-8-15/h6-7,10,13H,3-5,9,16H2,1-2H3. The van der Waals surface area contributed by atoms with E-state index in [-0.39, 0.29) is 12.1 Å². The Morgan fingerprint density at radius 1 is 1.50 bits per heavy atom. The fourth-order valence-electron chi connectivity index (χ4n) is 2.06. The van der Waals surface area contributed by atoms with Crippen molar-refractivity contribution in [2.75, 3.05) is 13.1 Å². The number of thiophene rings is 1. The summed E-state index contributed by atoms with van der Waals surface area (Å²) in [5.41, 5.74) is 6.27. The maximum Gasteiger partial charge on any atom is 0.0702 e. The minimum absolute atomic E-state index is 0.106. The Morgan fingerprint density at radius 3 is 2.67 bits per heavy atom. The predicted molar refractivity (Wildman–Crippen MR) is 80.5 cm³/mol. The molecule has 100 valence electrons. The van der Waals surface area contributed by atoms with E-state index >= 15 is 0 Å². The van der Waals surface area contributed by atoms with Crippen molar-refractivity contribution in [3.63, 3.8) is 0 Å². The molecular formula is C13H20BrN3S. The van der Waals surface area contributed by atoms with Gasteiger partial charge in [-0.3, -0.25) is 4.90 Å². The Balaban J connectivity index is 2.93. The van der Waals surface area contributed by atoms with Gasteiger partial charge in [-0.05, 0) is 41.0 Å². The first-order chi connectivity index (χ1) is 8.63. The molecule has 2 N–H and O–H groups in total. The molecule has 0 saturated carbocycles. The number of nitrogens with two attached hydrogens (primary N) is 1. The first-order valence-corrected chi connectivity index (χ1v) is 7.86. The minimum atomic E-state index is 0.106. The molecule has 0 aliphatic heterocycles. The Morgan fingerprint density at radius 2 is 2.22 bits per heavy atom. The first-order valence-electron chi connectivity index (χ1n) is 6.25. The highest BCUT2D eigenvalue weighted by atomic mass is 79.9. The zero-order chi connectivity index (χ0) is 13.5. The van der Waals surface area contributed by atoms with Gasteiger partial charge >= 0.3 is 0 Å². The fourth-order valence-corrected chi connectivity index (χ4v) is 3.69. The van der Waals surface area contributed by atoms with Gasteiger partial charge in [0.1, 0.15) is 0 Å². The fraction of sp³-hybridized carbons (Fsp3) is 0.615. The second kappa shape index (κ2) is 7.90. The van der Waals surface area contributed by atoms with Crippen LogP contribution in [0.3, 0.4) is 0 Å². The van der Waals surface area contributed by atoms with Crippen LogP contribution in [0.25, 0.3) is 0 Å². The van der Waals surface area contributed by atoms with Crippen molar-refractivity contribution in [2.24, 2.45) is 5.73 Å². The third-order valence-electron chi connectivity index (χ3n) is 3.07. The molecule has 1 aromatic heterocycles. The van der Waals surface area contributed by atoms with Crippen LogP contribution in [0.1, 0.15) is 37.6 Å². The quantitative estimate of drug-likeness (QED) is 0.832. The lowest BCUT2D eigenvalue weighted by Crippen LogP contribution is -2.40. The average Bonchev–Trinajstić information content (AvgIpc) is 2.79. The van der Waals surface area contributed by atoms with Crippen molar-refractivity contribution in [1.82, 2.24) is 4.90 Å². The minimum Gasteiger partial charge on any atom is -0.326 e. The van der Waals surface area contributed by atoms with Gasteiger partial charge < -0.3 is 5.73 Å². The summed E-state index contributed by atoms with van der Waals surface area (Å²) in [4.78, 5) is 3.58. The van der Waals surface area contributed by atoms with E-state index in [1.165, 1.54) is 4.88 Å². The van der Waals surface area contributed by atoms with E-state index in [0.717, 1.165) is 23.3 Å². The van der Waals surface area contributed by atoms with Gasteiger partial charge in [0.2, 0.25) is 0 Å². The second-order valence-corrected chi connectivity index (χ2v) is 6.69. The molecule has 1 rings (SSSR count). The molecule has 0 aliphatic carbocycles. The molecule has 0 fully saturated rings. The summed E-state index contributed by atoms with van der Waals surface area (Å²) in [6.45, 7) is 5.92. The largest absolute Gasteiger partial charge is 0.326 e. The molecule has 0 amide bonds. The lowest BCUT2D eigenvalue weighted by atomic mass is 10.0. The molecule has 1 heterocycles. The summed E-state index contributed by atoms with van der Waals surface area (Å²) < 4.78 is 1.13. The number of hydrogen-bond donors (Lipinski definition) is 1. The van der Waals surface area contributed by atoms with E-state index in [2.05, 4.69) is 52.9 Å². The average molecular weight is 330 g/mol. The maximum atomic E-state index is 8.75. The van der Waals surface area contributed by atoms with Crippen molar-refractivity contribution >= 4 is 27.3 Å². The van der Waals surface area contributed by atoms with Crippen LogP contribution in [0.2, 0.25) is 0 Å². The van der Waals surface area contributed by atoms with Crippen molar-refractivity contribution in [1.29, 1.82) is 5.26 Å². The van der Waals surface area contributed by atoms with E-state index in [1.807, 2.05) is 0 Å². The highest BCUT2D eigenvalue weighted by Crippen LogP contribution is 2.33. The molecule has 1 aromatic rings. The smallest absolute Gasteiger partial charge is 0.0702 e. The van der Waals surface area contributed by atoms with E-state index in [0.29, 0.717) is 6.42 Å². The van der Waals surface area contributed by atoms with Gasteiger partial charge in [0.25, 0.3) is 0 Å². The molecule has 0 bridgehead atoms. The van der Waals surface area contributed by atoms with Crippen LogP contribution in [0.4, 0.5) is 0 Å². The molecule has 0 aliphatic rings. The number of nitriles is 1. The van der Waals surface area contributed by atoms with Gasteiger partial charge in [-0.25, -0.2) is 0 Å². The number of halogens is 1. The topological polar surface area (TPSA) is 53.0 Å². The predicted octanol–water partition coefficient (Wildman–Crippen LogP) is 3.52. The zero-order valence-corrected chi connectivity index (χ0v) is 13.3. The van der Waals surface area contributed by atoms with E-state index in [1.54, 1.807) is 11.3 Å². The summed E-state index contributed by atoms with van der Waals surface area (Å²) in [6.07, 6.45) is 1.48. The highest BCUT2D eigenvalue weighted by molar-refractivity contribution is 9.11. The molecule has 0 spiro atoms. The lowest BCUT2D eigenvalue weighted by molar-refractivity contribution is 0.184. The van der Waals surface area contributed by atoms with Crippen molar-refractivity contribution in [3.05, 3.63) is 20.8 Å². The lowest BCUT2D eigenvalue weighted by Gasteiger charge is -2.33. The van der Waals surface area contributed by atoms with E-state index in [9.17, 15) is 0 Å². The summed E-state index contributed by atoms with van der Waals surface area (Å²) in [6, 6.07) is 6.72. The summed E-state index contributed by atoms with van der Waals surface area (Å²) in [5, 5.41) is 8.75. The first kappa shape index (κ1) is 15.6. The number of likely N-dealkylation sites (N-methyl/N-ethyl adjacent to an activating group) is 1. The molecule has 5 heteroatoms. The Bertz CT molecular complexity index is 399. The number of nitrogens with zero attached hydrogens (tertiary/aromatic N) is 2. The maximum absolute atomic E-state index is 8.75. The SMILES string of the molecule is CCC(N)C(c1ccc(Br)s1)N(CC)CCC#N. The van der Waals surface area contributed by atoms with E-state index < -0.39 is 0 Å².